The molecule has 1 heterocycles. The van der Waals surface area contributed by atoms with E-state index in [9.17, 15) is 10.1 Å². The number of esters is 1. The van der Waals surface area contributed by atoms with E-state index >= 15 is 0 Å². The first kappa shape index (κ1) is 19.9. The summed E-state index contributed by atoms with van der Waals surface area (Å²) in [5.41, 5.74) is 0.387. The summed E-state index contributed by atoms with van der Waals surface area (Å²) >= 11 is 24.6. The van der Waals surface area contributed by atoms with Crippen molar-refractivity contribution in [2.45, 2.75) is 20.4 Å². The maximum atomic E-state index is 12.0. The van der Waals surface area contributed by atoms with Gasteiger partial charge in [0.1, 0.15) is 11.2 Å². The molecule has 4 nitrogen and oxygen atoms in total. The summed E-state index contributed by atoms with van der Waals surface area (Å²) in [6.07, 6.45) is 0. The van der Waals surface area contributed by atoms with Gasteiger partial charge in [0.15, 0.2) is 0 Å². The minimum atomic E-state index is -0.890. The van der Waals surface area contributed by atoms with E-state index < -0.39 is 11.4 Å². The predicted molar refractivity (Wildman–Crippen MR) is 100 cm³/mol. The third-order valence-electron chi connectivity index (χ3n) is 3.74. The van der Waals surface area contributed by atoms with Gasteiger partial charge in [-0.2, -0.15) is 5.26 Å². The van der Waals surface area contributed by atoms with Crippen LogP contribution in [0.4, 0.5) is 0 Å². The number of methoxy groups -OCH3 is 1. The van der Waals surface area contributed by atoms with E-state index in [-0.39, 0.29) is 22.3 Å². The average Bonchev–Trinajstić information content (AvgIpc) is 2.80. The van der Waals surface area contributed by atoms with Crippen molar-refractivity contribution in [1.82, 2.24) is 4.57 Å². The van der Waals surface area contributed by atoms with E-state index in [1.807, 2.05) is 0 Å². The molecule has 0 saturated carbocycles. The second kappa shape index (κ2) is 7.47. The largest absolute Gasteiger partial charge is 0.469 e. The standard InChI is InChI=1S/C17H14Cl4N2O2/c1-17(2,16(24)25-3)8-23-14(10(7-22)13(20)15(23)21)9-4-5-11(18)12(19)6-9/h4-6H,8H2,1-3H3. The SMILES string of the molecule is COC(=O)C(C)(C)Cn1c(Cl)c(Cl)c(C#N)c1-c1ccc(Cl)c(Cl)c1. The number of aromatic nitrogens is 1. The van der Waals surface area contributed by atoms with Crippen LogP contribution < -0.4 is 0 Å². The van der Waals surface area contributed by atoms with Gasteiger partial charge in [-0.3, -0.25) is 4.79 Å². The van der Waals surface area contributed by atoms with Crippen molar-refractivity contribution in [1.29, 1.82) is 5.26 Å². The van der Waals surface area contributed by atoms with Crippen LogP contribution in [0.25, 0.3) is 11.3 Å². The molecule has 8 heteroatoms. The Morgan fingerprint density at radius 2 is 1.88 bits per heavy atom. The second-order valence-electron chi connectivity index (χ2n) is 6.03. The van der Waals surface area contributed by atoms with Gasteiger partial charge in [-0.1, -0.05) is 52.5 Å². The third-order valence-corrected chi connectivity index (χ3v) is 5.34. The fourth-order valence-electron chi connectivity index (χ4n) is 2.49. The van der Waals surface area contributed by atoms with Crippen LogP contribution >= 0.6 is 46.4 Å². The fraction of sp³-hybridized carbons (Fsp3) is 0.294. The molecule has 2 rings (SSSR count). The van der Waals surface area contributed by atoms with Crippen LogP contribution in [0.1, 0.15) is 19.4 Å². The Labute approximate surface area is 165 Å². The number of rotatable bonds is 4. The van der Waals surface area contributed by atoms with E-state index in [4.69, 9.17) is 51.1 Å². The van der Waals surface area contributed by atoms with Gasteiger partial charge in [-0.25, -0.2) is 0 Å². The summed E-state index contributed by atoms with van der Waals surface area (Å²) in [5, 5.41) is 10.5. The lowest BCUT2D eigenvalue weighted by atomic mass is 9.93. The van der Waals surface area contributed by atoms with Gasteiger partial charge < -0.3 is 9.30 Å². The molecular formula is C17H14Cl4N2O2. The molecule has 0 radical (unpaired) electrons. The van der Waals surface area contributed by atoms with Crippen LogP contribution in [0.15, 0.2) is 18.2 Å². The number of hydrogen-bond acceptors (Lipinski definition) is 3. The number of carbonyl (C=O) groups excluding carboxylic acids is 1. The lowest BCUT2D eigenvalue weighted by Gasteiger charge is -2.24. The molecule has 25 heavy (non-hydrogen) atoms. The molecule has 0 atom stereocenters. The van der Waals surface area contributed by atoms with Crippen LogP contribution in [0.5, 0.6) is 0 Å². The highest BCUT2D eigenvalue weighted by Crippen LogP contribution is 2.41. The first-order chi connectivity index (χ1) is 11.6. The molecule has 1 aromatic heterocycles. The van der Waals surface area contributed by atoms with Crippen molar-refractivity contribution in [3.05, 3.63) is 44.0 Å². The van der Waals surface area contributed by atoms with Gasteiger partial charge in [-0.15, -0.1) is 0 Å². The van der Waals surface area contributed by atoms with Crippen LogP contribution in [0.2, 0.25) is 20.2 Å². The molecule has 0 aliphatic rings. The van der Waals surface area contributed by atoms with Crippen molar-refractivity contribution in [2.24, 2.45) is 5.41 Å². The maximum Gasteiger partial charge on any atom is 0.313 e. The molecule has 2 aromatic rings. The van der Waals surface area contributed by atoms with Gasteiger partial charge >= 0.3 is 5.97 Å². The number of carbonyl (C=O) groups is 1. The van der Waals surface area contributed by atoms with E-state index in [0.717, 1.165) is 0 Å². The highest BCUT2D eigenvalue weighted by atomic mass is 35.5. The molecule has 0 bridgehead atoms. The Morgan fingerprint density at radius 3 is 2.40 bits per heavy atom. The lowest BCUT2D eigenvalue weighted by Crippen LogP contribution is -2.31. The summed E-state index contributed by atoms with van der Waals surface area (Å²) in [5.74, 6) is -0.410. The van der Waals surface area contributed by atoms with E-state index in [0.29, 0.717) is 21.3 Å². The topological polar surface area (TPSA) is 55.0 Å². The molecule has 0 N–H and O–H groups in total. The van der Waals surface area contributed by atoms with Gasteiger partial charge in [0.05, 0.1) is 38.9 Å². The van der Waals surface area contributed by atoms with Crippen LogP contribution in [0.3, 0.4) is 0 Å². The summed E-state index contributed by atoms with van der Waals surface area (Å²) < 4.78 is 6.45. The first-order valence-electron chi connectivity index (χ1n) is 7.15. The number of nitriles is 1. The Balaban J connectivity index is 2.70. The molecule has 132 valence electrons. The first-order valence-corrected chi connectivity index (χ1v) is 8.66. The fourth-order valence-corrected chi connectivity index (χ4v) is 3.26. The molecule has 0 unspecified atom stereocenters. The minimum Gasteiger partial charge on any atom is -0.469 e. The quantitative estimate of drug-likeness (QED) is 0.585. The van der Waals surface area contributed by atoms with E-state index in [2.05, 4.69) is 6.07 Å². The Morgan fingerprint density at radius 1 is 1.24 bits per heavy atom. The Kier molecular flexibility index (Phi) is 5.96. The number of ether oxygens (including phenoxy) is 1. The van der Waals surface area contributed by atoms with Crippen LogP contribution in [-0.2, 0) is 16.1 Å². The molecular weight excluding hydrogens is 406 g/mol. The lowest BCUT2D eigenvalue weighted by molar-refractivity contribution is -0.151. The zero-order valence-electron chi connectivity index (χ0n) is 13.7. The smallest absolute Gasteiger partial charge is 0.313 e. The van der Waals surface area contributed by atoms with Crippen molar-refractivity contribution in [3.63, 3.8) is 0 Å². The summed E-state index contributed by atoms with van der Waals surface area (Å²) in [7, 11) is 1.31. The van der Waals surface area contributed by atoms with E-state index in [1.54, 1.807) is 36.6 Å². The van der Waals surface area contributed by atoms with Gasteiger partial charge in [0.25, 0.3) is 0 Å². The van der Waals surface area contributed by atoms with Crippen molar-refractivity contribution >= 4 is 52.4 Å². The maximum absolute atomic E-state index is 12.0. The normalized spacial score (nSPS) is 11.3. The summed E-state index contributed by atoms with van der Waals surface area (Å²) in [6, 6.07) is 7.00. The molecule has 0 aliphatic heterocycles. The van der Waals surface area contributed by atoms with Gasteiger partial charge in [0.2, 0.25) is 0 Å². The predicted octanol–water partition coefficient (Wildman–Crippen LogP) is 5.84. The van der Waals surface area contributed by atoms with Crippen LogP contribution in [0, 0.1) is 16.7 Å². The average molecular weight is 420 g/mol. The zero-order chi connectivity index (χ0) is 18.9. The minimum absolute atomic E-state index is 0.117. The van der Waals surface area contributed by atoms with Crippen molar-refractivity contribution in [2.75, 3.05) is 7.11 Å². The Bertz CT molecular complexity index is 882. The van der Waals surface area contributed by atoms with Crippen molar-refractivity contribution in [3.8, 4) is 17.3 Å². The molecule has 0 spiro atoms. The molecule has 1 aromatic carbocycles. The summed E-state index contributed by atoms with van der Waals surface area (Å²) in [4.78, 5) is 12.0. The highest BCUT2D eigenvalue weighted by Gasteiger charge is 2.33. The van der Waals surface area contributed by atoms with Crippen molar-refractivity contribution < 1.29 is 9.53 Å². The number of nitrogens with zero attached hydrogens (tertiary/aromatic N) is 2. The summed E-state index contributed by atoms with van der Waals surface area (Å²) in [6.45, 7) is 3.59. The number of halogens is 4. The zero-order valence-corrected chi connectivity index (χ0v) is 16.7. The number of benzene rings is 1. The molecule has 0 saturated heterocycles. The highest BCUT2D eigenvalue weighted by molar-refractivity contribution is 6.43. The van der Waals surface area contributed by atoms with Gasteiger partial charge in [-0.05, 0) is 26.0 Å². The monoisotopic (exact) mass is 418 g/mol. The second-order valence-corrected chi connectivity index (χ2v) is 7.58. The number of hydrogen-bond donors (Lipinski definition) is 0. The van der Waals surface area contributed by atoms with Gasteiger partial charge in [0, 0.05) is 12.1 Å². The molecule has 0 amide bonds. The molecule has 0 aliphatic carbocycles. The van der Waals surface area contributed by atoms with E-state index in [1.165, 1.54) is 7.11 Å². The molecule has 0 fully saturated rings. The Hall–Kier alpha value is -1.38. The third kappa shape index (κ3) is 3.75. The van der Waals surface area contributed by atoms with Crippen LogP contribution in [-0.4, -0.2) is 17.6 Å².